The number of halogens is 3. The second-order valence-electron chi connectivity index (χ2n) is 4.45. The summed E-state index contributed by atoms with van der Waals surface area (Å²) in [6.07, 6.45) is -0.694. The Bertz CT molecular complexity index is 593. The summed E-state index contributed by atoms with van der Waals surface area (Å²) < 4.78 is 0. The fourth-order valence-corrected chi connectivity index (χ4v) is 2.27. The van der Waals surface area contributed by atoms with Crippen molar-refractivity contribution in [3.05, 3.63) is 63.6 Å². The summed E-state index contributed by atoms with van der Waals surface area (Å²) in [4.78, 5) is 0. The van der Waals surface area contributed by atoms with Crippen molar-refractivity contribution < 1.29 is 10.2 Å². The van der Waals surface area contributed by atoms with Crippen molar-refractivity contribution in [1.29, 1.82) is 0 Å². The molecule has 2 rings (SSSR count). The highest BCUT2D eigenvalue weighted by atomic mass is 35.5. The normalized spacial score (nSPS) is 11.8. The lowest BCUT2D eigenvalue weighted by molar-refractivity contribution is 0.174. The Morgan fingerprint density at radius 2 is 1.81 bits per heavy atom. The highest BCUT2D eigenvalue weighted by Crippen LogP contribution is 2.25. The zero-order chi connectivity index (χ0) is 14.5. The van der Waals surface area contributed by atoms with Gasteiger partial charge >= 0.3 is 0 Å². The maximum atomic E-state index is 10.0. The smallest absolute Gasteiger partial charge is 0.115 e. The van der Waals surface area contributed by atoms with Crippen LogP contribution in [0.15, 0.2) is 42.5 Å². The van der Waals surface area contributed by atoms with Crippen LogP contribution in [0.3, 0.4) is 0 Å². The molecule has 0 saturated carbocycles. The summed E-state index contributed by atoms with van der Waals surface area (Å²) in [6.45, 7) is 0.863. The molecule has 0 saturated heterocycles. The Labute approximate surface area is 139 Å². The topological polar surface area (TPSA) is 52.5 Å². The van der Waals surface area contributed by atoms with Gasteiger partial charge in [0.05, 0.1) is 16.1 Å². The number of hydrogen-bond acceptors (Lipinski definition) is 3. The van der Waals surface area contributed by atoms with Gasteiger partial charge in [0.1, 0.15) is 5.75 Å². The molecule has 0 aromatic heterocycles. The van der Waals surface area contributed by atoms with Gasteiger partial charge in [-0.1, -0.05) is 47.5 Å². The Morgan fingerprint density at radius 3 is 2.52 bits per heavy atom. The summed E-state index contributed by atoms with van der Waals surface area (Å²) >= 11 is 12.0. The molecule has 1 unspecified atom stereocenters. The van der Waals surface area contributed by atoms with E-state index in [1.54, 1.807) is 30.3 Å². The zero-order valence-electron chi connectivity index (χ0n) is 11.1. The minimum absolute atomic E-state index is 0. The molecule has 0 aliphatic carbocycles. The molecule has 114 valence electrons. The predicted octanol–water partition coefficient (Wildman–Crippen LogP) is 3.94. The summed E-state index contributed by atoms with van der Waals surface area (Å²) in [5, 5.41) is 23.5. The van der Waals surface area contributed by atoms with Gasteiger partial charge in [-0.15, -0.1) is 12.4 Å². The van der Waals surface area contributed by atoms with Crippen LogP contribution < -0.4 is 5.32 Å². The first kappa shape index (κ1) is 18.1. The Hall–Kier alpha value is -0.970. The minimum atomic E-state index is -0.694. The monoisotopic (exact) mass is 347 g/mol. The SMILES string of the molecule is Cl.Oc1cccc(C(O)CNCc2cccc(Cl)c2Cl)c1. The van der Waals surface area contributed by atoms with Crippen molar-refractivity contribution in [2.45, 2.75) is 12.6 Å². The van der Waals surface area contributed by atoms with Gasteiger partial charge in [0, 0.05) is 13.1 Å². The van der Waals surface area contributed by atoms with Gasteiger partial charge in [-0.25, -0.2) is 0 Å². The third-order valence-electron chi connectivity index (χ3n) is 2.94. The maximum absolute atomic E-state index is 10.0. The number of rotatable bonds is 5. The van der Waals surface area contributed by atoms with E-state index in [9.17, 15) is 10.2 Å². The second-order valence-corrected chi connectivity index (χ2v) is 5.24. The van der Waals surface area contributed by atoms with E-state index in [4.69, 9.17) is 23.2 Å². The molecule has 3 N–H and O–H groups in total. The van der Waals surface area contributed by atoms with Crippen LogP contribution in [0.2, 0.25) is 10.0 Å². The van der Waals surface area contributed by atoms with Crippen LogP contribution in [-0.4, -0.2) is 16.8 Å². The molecule has 0 bridgehead atoms. The molecule has 0 radical (unpaired) electrons. The van der Waals surface area contributed by atoms with E-state index in [0.717, 1.165) is 5.56 Å². The van der Waals surface area contributed by atoms with Crippen LogP contribution in [0.5, 0.6) is 5.75 Å². The molecule has 3 nitrogen and oxygen atoms in total. The molecule has 2 aromatic carbocycles. The van der Waals surface area contributed by atoms with Crippen molar-refractivity contribution >= 4 is 35.6 Å². The Kier molecular flexibility index (Phi) is 7.29. The van der Waals surface area contributed by atoms with E-state index < -0.39 is 6.10 Å². The highest BCUT2D eigenvalue weighted by Gasteiger charge is 2.09. The van der Waals surface area contributed by atoms with Crippen molar-refractivity contribution in [3.63, 3.8) is 0 Å². The molecule has 0 aliphatic rings. The van der Waals surface area contributed by atoms with E-state index in [-0.39, 0.29) is 18.2 Å². The average molecular weight is 349 g/mol. The summed E-state index contributed by atoms with van der Waals surface area (Å²) in [5.41, 5.74) is 1.54. The van der Waals surface area contributed by atoms with E-state index in [2.05, 4.69) is 5.32 Å². The average Bonchev–Trinajstić information content (AvgIpc) is 2.43. The first-order valence-electron chi connectivity index (χ1n) is 6.18. The molecule has 1 atom stereocenters. The standard InChI is InChI=1S/C15H15Cl2NO2.ClH/c16-13-6-2-4-11(15(13)17)8-18-9-14(20)10-3-1-5-12(19)7-10;/h1-7,14,18-20H,8-9H2;1H. The number of aliphatic hydroxyl groups is 1. The van der Waals surface area contributed by atoms with Crippen molar-refractivity contribution in [1.82, 2.24) is 5.32 Å². The number of aromatic hydroxyl groups is 1. The molecule has 0 amide bonds. The van der Waals surface area contributed by atoms with Crippen LogP contribution in [-0.2, 0) is 6.54 Å². The fraction of sp³-hybridized carbons (Fsp3) is 0.200. The minimum Gasteiger partial charge on any atom is -0.508 e. The molecule has 21 heavy (non-hydrogen) atoms. The number of nitrogens with one attached hydrogen (secondary N) is 1. The molecular weight excluding hydrogens is 333 g/mol. The number of benzene rings is 2. The summed E-state index contributed by atoms with van der Waals surface area (Å²) in [7, 11) is 0. The number of phenolic OH excluding ortho intramolecular Hbond substituents is 1. The van der Waals surface area contributed by atoms with Gasteiger partial charge in [-0.2, -0.15) is 0 Å². The molecule has 6 heteroatoms. The third kappa shape index (κ3) is 5.06. The van der Waals surface area contributed by atoms with Crippen LogP contribution in [0.4, 0.5) is 0 Å². The maximum Gasteiger partial charge on any atom is 0.115 e. The van der Waals surface area contributed by atoms with Crippen molar-refractivity contribution in [2.75, 3.05) is 6.54 Å². The molecule has 0 heterocycles. The van der Waals surface area contributed by atoms with Crippen LogP contribution in [0, 0.1) is 0 Å². The van der Waals surface area contributed by atoms with E-state index >= 15 is 0 Å². The summed E-state index contributed by atoms with van der Waals surface area (Å²) in [5.74, 6) is 0.138. The van der Waals surface area contributed by atoms with Gasteiger partial charge in [0.15, 0.2) is 0 Å². The van der Waals surface area contributed by atoms with Gasteiger partial charge in [0.2, 0.25) is 0 Å². The Balaban J connectivity index is 0.00000220. The van der Waals surface area contributed by atoms with Crippen LogP contribution >= 0.6 is 35.6 Å². The lowest BCUT2D eigenvalue weighted by atomic mass is 10.1. The second kappa shape index (κ2) is 8.47. The molecular formula is C15H16Cl3NO2. The Morgan fingerprint density at radius 1 is 1.10 bits per heavy atom. The molecule has 2 aromatic rings. The van der Waals surface area contributed by atoms with E-state index in [0.29, 0.717) is 28.7 Å². The van der Waals surface area contributed by atoms with E-state index in [1.807, 2.05) is 12.1 Å². The molecule has 0 fully saturated rings. The number of aliphatic hydroxyl groups excluding tert-OH is 1. The number of hydrogen-bond donors (Lipinski definition) is 3. The van der Waals surface area contributed by atoms with E-state index in [1.165, 1.54) is 0 Å². The third-order valence-corrected chi connectivity index (χ3v) is 3.80. The van der Waals surface area contributed by atoms with Crippen LogP contribution in [0.1, 0.15) is 17.2 Å². The van der Waals surface area contributed by atoms with Gasteiger partial charge in [-0.05, 0) is 29.3 Å². The van der Waals surface area contributed by atoms with Gasteiger partial charge in [0.25, 0.3) is 0 Å². The first-order chi connectivity index (χ1) is 9.58. The highest BCUT2D eigenvalue weighted by molar-refractivity contribution is 6.42. The molecule has 0 aliphatic heterocycles. The fourth-order valence-electron chi connectivity index (χ4n) is 1.88. The predicted molar refractivity (Wildman–Crippen MR) is 88.5 cm³/mol. The van der Waals surface area contributed by atoms with Gasteiger partial charge in [-0.3, -0.25) is 0 Å². The van der Waals surface area contributed by atoms with Crippen LogP contribution in [0.25, 0.3) is 0 Å². The first-order valence-corrected chi connectivity index (χ1v) is 6.94. The van der Waals surface area contributed by atoms with Crippen molar-refractivity contribution in [2.24, 2.45) is 0 Å². The lowest BCUT2D eigenvalue weighted by Crippen LogP contribution is -2.21. The van der Waals surface area contributed by atoms with Crippen molar-refractivity contribution in [3.8, 4) is 5.75 Å². The van der Waals surface area contributed by atoms with Gasteiger partial charge < -0.3 is 15.5 Å². The lowest BCUT2D eigenvalue weighted by Gasteiger charge is -2.13. The zero-order valence-corrected chi connectivity index (χ0v) is 13.4. The quantitative estimate of drug-likeness (QED) is 0.767. The number of phenols is 1. The summed E-state index contributed by atoms with van der Waals surface area (Å²) in [6, 6.07) is 12.0. The molecule has 0 spiro atoms. The largest absolute Gasteiger partial charge is 0.508 e.